The van der Waals surface area contributed by atoms with Gasteiger partial charge in [-0.05, 0) is 36.8 Å². The van der Waals surface area contributed by atoms with Crippen LogP contribution in [-0.4, -0.2) is 53.4 Å². The molecule has 6 nitrogen and oxygen atoms in total. The van der Waals surface area contributed by atoms with Gasteiger partial charge in [-0.3, -0.25) is 4.90 Å². The third-order valence-electron chi connectivity index (χ3n) is 5.57. The molecule has 1 aromatic heterocycles. The van der Waals surface area contributed by atoms with Crippen molar-refractivity contribution >= 4 is 17.3 Å². The van der Waals surface area contributed by atoms with Gasteiger partial charge in [0.25, 0.3) is 0 Å². The average Bonchev–Trinajstić information content (AvgIpc) is 3.31. The number of nitrogens with zero attached hydrogens (tertiary/aromatic N) is 2. The Hall–Kier alpha value is -1.96. The van der Waals surface area contributed by atoms with Crippen LogP contribution in [0.1, 0.15) is 28.2 Å². The molecule has 1 N–H and O–H groups in total. The highest BCUT2D eigenvalue weighted by Crippen LogP contribution is 2.39. The highest BCUT2D eigenvalue weighted by molar-refractivity contribution is 7.09. The number of hydrogen-bond donors (Lipinski definition) is 1. The fourth-order valence-electron chi connectivity index (χ4n) is 4.28. The third-order valence-corrected chi connectivity index (χ3v) is 6.34. The molecule has 1 aliphatic carbocycles. The highest BCUT2D eigenvalue weighted by atomic mass is 32.1. The maximum Gasteiger partial charge on any atom is 0.341 e. The zero-order valence-electron chi connectivity index (χ0n) is 15.3. The first-order chi connectivity index (χ1) is 13.1. The average molecular weight is 388 g/mol. The summed E-state index contributed by atoms with van der Waals surface area (Å²) in [6.07, 6.45) is 2.52. The molecule has 0 unspecified atom stereocenters. The van der Waals surface area contributed by atoms with Crippen LogP contribution in [0.3, 0.4) is 0 Å². The number of ether oxygens (including phenoxy) is 2. The number of aromatic nitrogens is 1. The predicted molar refractivity (Wildman–Crippen MR) is 102 cm³/mol. The van der Waals surface area contributed by atoms with E-state index in [9.17, 15) is 9.90 Å². The van der Waals surface area contributed by atoms with Crippen molar-refractivity contribution < 1.29 is 19.4 Å². The van der Waals surface area contributed by atoms with Crippen molar-refractivity contribution in [2.45, 2.75) is 31.6 Å². The number of para-hydroxylation sites is 1. The van der Waals surface area contributed by atoms with Gasteiger partial charge in [-0.25, -0.2) is 9.78 Å². The maximum absolute atomic E-state index is 12.0. The molecule has 2 fully saturated rings. The Kier molecular flexibility index (Phi) is 5.43. The second kappa shape index (κ2) is 7.96. The number of methoxy groups -OCH3 is 1. The fraction of sp³-hybridized carbons (Fsp3) is 0.500. The van der Waals surface area contributed by atoms with Crippen LogP contribution in [0.15, 0.2) is 35.8 Å². The van der Waals surface area contributed by atoms with E-state index in [1.54, 1.807) is 29.5 Å². The molecule has 0 spiro atoms. The quantitative estimate of drug-likeness (QED) is 0.794. The smallest absolute Gasteiger partial charge is 0.341 e. The highest BCUT2D eigenvalue weighted by Gasteiger charge is 2.43. The summed E-state index contributed by atoms with van der Waals surface area (Å²) in [6.45, 7) is 2.86. The molecule has 27 heavy (non-hydrogen) atoms. The van der Waals surface area contributed by atoms with E-state index < -0.39 is 12.1 Å². The van der Waals surface area contributed by atoms with E-state index in [1.165, 1.54) is 7.11 Å². The zero-order valence-corrected chi connectivity index (χ0v) is 16.1. The van der Waals surface area contributed by atoms with Gasteiger partial charge in [0.05, 0.1) is 19.8 Å². The van der Waals surface area contributed by atoms with E-state index in [1.807, 2.05) is 17.6 Å². The number of fused-ring (bicyclic) bond motifs is 1. The van der Waals surface area contributed by atoms with Crippen LogP contribution in [0.2, 0.25) is 0 Å². The first-order valence-electron chi connectivity index (χ1n) is 9.27. The summed E-state index contributed by atoms with van der Waals surface area (Å²) in [6, 6.07) is 7.05. The van der Waals surface area contributed by atoms with Crippen LogP contribution >= 0.6 is 11.3 Å². The van der Waals surface area contributed by atoms with E-state index in [0.717, 1.165) is 37.5 Å². The largest absolute Gasteiger partial charge is 0.487 e. The molecule has 4 atom stereocenters. The molecular weight excluding hydrogens is 364 g/mol. The Morgan fingerprint density at radius 3 is 2.81 bits per heavy atom. The molecule has 1 aromatic carbocycles. The van der Waals surface area contributed by atoms with E-state index >= 15 is 0 Å². The number of aliphatic hydroxyl groups is 1. The summed E-state index contributed by atoms with van der Waals surface area (Å²) in [7, 11) is 1.36. The summed E-state index contributed by atoms with van der Waals surface area (Å²) in [5, 5.41) is 13.8. The molecule has 1 saturated heterocycles. The van der Waals surface area contributed by atoms with Crippen molar-refractivity contribution in [3.8, 4) is 5.75 Å². The minimum absolute atomic E-state index is 0.308. The van der Waals surface area contributed by atoms with Gasteiger partial charge in [-0.2, -0.15) is 0 Å². The van der Waals surface area contributed by atoms with Crippen LogP contribution in [-0.2, 0) is 11.3 Å². The number of carbonyl (C=O) groups is 1. The second-order valence-electron chi connectivity index (χ2n) is 7.32. The normalized spacial score (nSPS) is 27.9. The molecule has 2 heterocycles. The van der Waals surface area contributed by atoms with Gasteiger partial charge in [0.15, 0.2) is 0 Å². The minimum atomic E-state index is -0.531. The van der Waals surface area contributed by atoms with Crippen LogP contribution < -0.4 is 4.74 Å². The predicted octanol–water partition coefficient (Wildman–Crippen LogP) is 2.58. The van der Waals surface area contributed by atoms with Crippen LogP contribution in [0.4, 0.5) is 0 Å². The molecule has 2 aromatic rings. The van der Waals surface area contributed by atoms with Crippen molar-refractivity contribution in [3.63, 3.8) is 0 Å². The Bertz CT molecular complexity index is 782. The number of rotatable bonds is 5. The summed E-state index contributed by atoms with van der Waals surface area (Å²) >= 11 is 1.68. The summed E-state index contributed by atoms with van der Waals surface area (Å²) < 4.78 is 10.9. The third kappa shape index (κ3) is 4.00. The Morgan fingerprint density at radius 1 is 1.30 bits per heavy atom. The summed E-state index contributed by atoms with van der Waals surface area (Å²) in [4.78, 5) is 18.8. The maximum atomic E-state index is 12.0. The van der Waals surface area contributed by atoms with Gasteiger partial charge in [0, 0.05) is 24.7 Å². The Balaban J connectivity index is 1.42. The lowest BCUT2D eigenvalue weighted by atomic mass is 9.78. The van der Waals surface area contributed by atoms with Gasteiger partial charge in [0.2, 0.25) is 0 Å². The standard InChI is InChI=1S/C20H24N2O4S/c1-25-20(24)15-4-2-3-5-17(15)26-18-9-14-11-22(10-13(14)8-16(18)23)12-19-21-6-7-27-19/h2-7,13-14,16,18,23H,8-12H2,1H3/t13-,14+,16+,18+/m0/s1. The Labute approximate surface area is 162 Å². The number of hydrogen-bond acceptors (Lipinski definition) is 7. The van der Waals surface area contributed by atoms with E-state index in [4.69, 9.17) is 9.47 Å². The first-order valence-corrected chi connectivity index (χ1v) is 10.1. The van der Waals surface area contributed by atoms with Gasteiger partial charge < -0.3 is 14.6 Å². The fourth-order valence-corrected chi connectivity index (χ4v) is 4.93. The first kappa shape index (κ1) is 18.4. The van der Waals surface area contributed by atoms with Crippen molar-refractivity contribution in [1.82, 2.24) is 9.88 Å². The van der Waals surface area contributed by atoms with E-state index in [0.29, 0.717) is 23.1 Å². The van der Waals surface area contributed by atoms with Crippen LogP contribution in [0.25, 0.3) is 0 Å². The molecule has 2 aliphatic rings. The number of likely N-dealkylation sites (tertiary alicyclic amines) is 1. The number of aliphatic hydroxyl groups excluding tert-OH is 1. The molecule has 144 valence electrons. The summed E-state index contributed by atoms with van der Waals surface area (Å²) in [5.74, 6) is 1.02. The van der Waals surface area contributed by atoms with Gasteiger partial charge in [0.1, 0.15) is 22.4 Å². The van der Waals surface area contributed by atoms with Gasteiger partial charge >= 0.3 is 5.97 Å². The number of thiazole rings is 1. The van der Waals surface area contributed by atoms with Gasteiger partial charge in [-0.1, -0.05) is 12.1 Å². The lowest BCUT2D eigenvalue weighted by molar-refractivity contribution is -0.0237. The lowest BCUT2D eigenvalue weighted by Gasteiger charge is -2.35. The van der Waals surface area contributed by atoms with Crippen LogP contribution in [0, 0.1) is 11.8 Å². The van der Waals surface area contributed by atoms with Crippen molar-refractivity contribution in [2.75, 3.05) is 20.2 Å². The summed E-state index contributed by atoms with van der Waals surface area (Å²) in [5.41, 5.74) is 0.395. The topological polar surface area (TPSA) is 71.9 Å². The molecular formula is C20H24N2O4S. The Morgan fingerprint density at radius 2 is 2.07 bits per heavy atom. The lowest BCUT2D eigenvalue weighted by Crippen LogP contribution is -2.42. The minimum Gasteiger partial charge on any atom is -0.487 e. The molecule has 1 aliphatic heterocycles. The molecule has 0 amide bonds. The van der Waals surface area contributed by atoms with Crippen molar-refractivity contribution in [3.05, 3.63) is 46.4 Å². The monoisotopic (exact) mass is 388 g/mol. The van der Waals surface area contributed by atoms with Crippen LogP contribution in [0.5, 0.6) is 5.75 Å². The van der Waals surface area contributed by atoms with Crippen molar-refractivity contribution in [2.24, 2.45) is 11.8 Å². The molecule has 4 rings (SSSR count). The van der Waals surface area contributed by atoms with Gasteiger partial charge in [-0.15, -0.1) is 11.3 Å². The second-order valence-corrected chi connectivity index (χ2v) is 8.30. The zero-order chi connectivity index (χ0) is 18.8. The molecule has 0 bridgehead atoms. The molecule has 1 saturated carbocycles. The van der Waals surface area contributed by atoms with E-state index in [2.05, 4.69) is 9.88 Å². The molecule has 0 radical (unpaired) electrons. The van der Waals surface area contributed by atoms with E-state index in [-0.39, 0.29) is 6.10 Å². The number of carbonyl (C=O) groups excluding carboxylic acids is 1. The SMILES string of the molecule is COC(=O)c1ccccc1O[C@@H]1C[C@@H]2CN(Cc3nccs3)C[C@@H]2C[C@H]1O. The number of esters is 1. The number of benzene rings is 1. The molecule has 7 heteroatoms. The van der Waals surface area contributed by atoms with Crippen molar-refractivity contribution in [1.29, 1.82) is 0 Å².